The van der Waals surface area contributed by atoms with E-state index >= 15 is 0 Å². The van der Waals surface area contributed by atoms with Crippen LogP contribution in [0.2, 0.25) is 0 Å². The number of benzene rings is 1. The van der Waals surface area contributed by atoms with E-state index in [1.54, 1.807) is 30.3 Å². The maximum Gasteiger partial charge on any atom is 0.231 e. The summed E-state index contributed by atoms with van der Waals surface area (Å²) in [5.74, 6) is 1.06. The highest BCUT2D eigenvalue weighted by molar-refractivity contribution is 7.91. The SMILES string of the molecule is O=S(=O)(c1ccccc1)c1nc(Nc2ccc(N3CCNCC3)cn2)nc2[nH]cc(C3CCCC3)c12. The zero-order valence-corrected chi connectivity index (χ0v) is 20.8. The zero-order chi connectivity index (χ0) is 24.5. The first kappa shape index (κ1) is 22.9. The zero-order valence-electron chi connectivity index (χ0n) is 19.9. The second kappa shape index (κ2) is 9.51. The van der Waals surface area contributed by atoms with Crippen LogP contribution in [0.15, 0.2) is 64.8 Å². The molecule has 10 heteroatoms. The van der Waals surface area contributed by atoms with E-state index < -0.39 is 9.84 Å². The van der Waals surface area contributed by atoms with Crippen LogP contribution in [0.1, 0.15) is 37.2 Å². The molecule has 0 atom stereocenters. The van der Waals surface area contributed by atoms with Crippen molar-refractivity contribution in [3.8, 4) is 0 Å². The maximum absolute atomic E-state index is 13.8. The van der Waals surface area contributed by atoms with Gasteiger partial charge in [-0.05, 0) is 48.6 Å². The van der Waals surface area contributed by atoms with Crippen molar-refractivity contribution in [3.63, 3.8) is 0 Å². The first-order valence-electron chi connectivity index (χ1n) is 12.5. The smallest absolute Gasteiger partial charge is 0.231 e. The van der Waals surface area contributed by atoms with Crippen LogP contribution < -0.4 is 15.5 Å². The number of hydrogen-bond acceptors (Lipinski definition) is 8. The van der Waals surface area contributed by atoms with Gasteiger partial charge in [-0.15, -0.1) is 0 Å². The van der Waals surface area contributed by atoms with Crippen LogP contribution in [0.25, 0.3) is 11.0 Å². The molecular weight excluding hydrogens is 474 g/mol. The molecule has 1 aliphatic carbocycles. The van der Waals surface area contributed by atoms with Gasteiger partial charge in [0.15, 0.2) is 5.03 Å². The first-order valence-corrected chi connectivity index (χ1v) is 14.0. The Bertz CT molecular complexity index is 1460. The lowest BCUT2D eigenvalue weighted by Crippen LogP contribution is -2.43. The highest BCUT2D eigenvalue weighted by atomic mass is 32.2. The molecule has 0 spiro atoms. The van der Waals surface area contributed by atoms with Gasteiger partial charge < -0.3 is 20.5 Å². The van der Waals surface area contributed by atoms with Gasteiger partial charge in [0.25, 0.3) is 0 Å². The summed E-state index contributed by atoms with van der Waals surface area (Å²) >= 11 is 0. The molecule has 2 fully saturated rings. The summed E-state index contributed by atoms with van der Waals surface area (Å²) in [7, 11) is -3.87. The summed E-state index contributed by atoms with van der Waals surface area (Å²) in [6.45, 7) is 3.77. The summed E-state index contributed by atoms with van der Waals surface area (Å²) in [5, 5.41) is 7.09. The van der Waals surface area contributed by atoms with Gasteiger partial charge in [0.05, 0.1) is 22.2 Å². The number of piperazine rings is 1. The second-order valence-electron chi connectivity index (χ2n) is 9.38. The van der Waals surface area contributed by atoms with Crippen LogP contribution in [0, 0.1) is 0 Å². The number of pyridine rings is 1. The molecule has 0 radical (unpaired) electrons. The van der Waals surface area contributed by atoms with Gasteiger partial charge in [-0.3, -0.25) is 0 Å². The van der Waals surface area contributed by atoms with Gasteiger partial charge in [-0.2, -0.15) is 9.97 Å². The quantitative estimate of drug-likeness (QED) is 0.338. The number of aromatic nitrogens is 4. The summed E-state index contributed by atoms with van der Waals surface area (Å²) in [6.07, 6.45) is 8.11. The normalized spacial score (nSPS) is 17.1. The molecule has 1 saturated heterocycles. The van der Waals surface area contributed by atoms with E-state index in [9.17, 15) is 8.42 Å². The van der Waals surface area contributed by atoms with Crippen LogP contribution in [0.5, 0.6) is 0 Å². The van der Waals surface area contributed by atoms with E-state index in [-0.39, 0.29) is 15.9 Å². The van der Waals surface area contributed by atoms with Crippen LogP contribution in [-0.4, -0.2) is 54.5 Å². The lowest BCUT2D eigenvalue weighted by Gasteiger charge is -2.29. The lowest BCUT2D eigenvalue weighted by molar-refractivity contribution is 0.589. The standard InChI is InChI=1S/C26H29N7O2S/c34-36(35,20-8-2-1-3-9-20)25-23-21(18-6-4-5-7-18)17-29-24(23)31-26(32-25)30-22-11-10-19(16-28-22)33-14-12-27-13-15-33/h1-3,8-11,16-18,27H,4-7,12-15H2,(H2,28,29,30,31,32). The number of nitrogens with zero attached hydrogens (tertiary/aromatic N) is 4. The Kier molecular flexibility index (Phi) is 6.06. The topological polar surface area (TPSA) is 116 Å². The van der Waals surface area contributed by atoms with E-state index in [2.05, 4.69) is 35.5 Å². The largest absolute Gasteiger partial charge is 0.368 e. The number of hydrogen-bond donors (Lipinski definition) is 3. The number of H-pyrrole nitrogens is 1. The molecule has 0 bridgehead atoms. The van der Waals surface area contributed by atoms with Crippen molar-refractivity contribution in [3.05, 3.63) is 60.4 Å². The number of sulfone groups is 1. The molecule has 3 aromatic heterocycles. The van der Waals surface area contributed by atoms with Gasteiger partial charge >= 0.3 is 0 Å². The number of nitrogens with one attached hydrogen (secondary N) is 3. The van der Waals surface area contributed by atoms with Gasteiger partial charge in [0.2, 0.25) is 15.8 Å². The summed E-state index contributed by atoms with van der Waals surface area (Å²) in [5.41, 5.74) is 2.56. The molecule has 9 nitrogen and oxygen atoms in total. The summed E-state index contributed by atoms with van der Waals surface area (Å²) in [4.78, 5) is 19.5. The summed E-state index contributed by atoms with van der Waals surface area (Å²) < 4.78 is 27.6. The van der Waals surface area contributed by atoms with Gasteiger partial charge in [-0.25, -0.2) is 13.4 Å². The van der Waals surface area contributed by atoms with Crippen molar-refractivity contribution in [1.29, 1.82) is 0 Å². The van der Waals surface area contributed by atoms with Crippen LogP contribution in [0.3, 0.4) is 0 Å². The molecule has 36 heavy (non-hydrogen) atoms. The van der Waals surface area contributed by atoms with E-state index in [1.807, 2.05) is 24.5 Å². The molecule has 4 aromatic rings. The minimum Gasteiger partial charge on any atom is -0.368 e. The lowest BCUT2D eigenvalue weighted by atomic mass is 9.98. The highest BCUT2D eigenvalue weighted by Gasteiger charge is 2.29. The number of anilines is 3. The third kappa shape index (κ3) is 4.31. The molecule has 2 aliphatic rings. The highest BCUT2D eigenvalue weighted by Crippen LogP contribution is 2.40. The van der Waals surface area contributed by atoms with Crippen LogP contribution in [-0.2, 0) is 9.84 Å². The summed E-state index contributed by atoms with van der Waals surface area (Å²) in [6, 6.07) is 12.3. The predicted molar refractivity (Wildman–Crippen MR) is 140 cm³/mol. The second-order valence-corrected chi connectivity index (χ2v) is 11.2. The molecular formula is C26H29N7O2S. The molecule has 186 valence electrons. The molecule has 0 unspecified atom stereocenters. The van der Waals surface area contributed by atoms with Crippen molar-refractivity contribution >= 4 is 38.3 Å². The van der Waals surface area contributed by atoms with Gasteiger partial charge in [0.1, 0.15) is 11.5 Å². The minimum absolute atomic E-state index is 0.0294. The van der Waals surface area contributed by atoms with Crippen molar-refractivity contribution < 1.29 is 8.42 Å². The number of aromatic amines is 1. The maximum atomic E-state index is 13.8. The Hall–Kier alpha value is -3.50. The van der Waals surface area contributed by atoms with E-state index in [0.29, 0.717) is 22.8 Å². The third-order valence-electron chi connectivity index (χ3n) is 7.10. The fourth-order valence-electron chi connectivity index (χ4n) is 5.23. The van der Waals surface area contributed by atoms with Crippen molar-refractivity contribution in [1.82, 2.24) is 25.3 Å². The van der Waals surface area contributed by atoms with Crippen molar-refractivity contribution in [2.24, 2.45) is 0 Å². The Morgan fingerprint density at radius 3 is 2.47 bits per heavy atom. The Labute approximate surface area is 210 Å². The van der Waals surface area contributed by atoms with Gasteiger partial charge in [0, 0.05) is 32.4 Å². The van der Waals surface area contributed by atoms with Gasteiger partial charge in [-0.1, -0.05) is 31.0 Å². The monoisotopic (exact) mass is 503 g/mol. The van der Waals surface area contributed by atoms with Crippen molar-refractivity contribution in [2.75, 3.05) is 36.4 Å². The van der Waals surface area contributed by atoms with Crippen molar-refractivity contribution in [2.45, 2.75) is 41.5 Å². The fourth-order valence-corrected chi connectivity index (χ4v) is 6.66. The molecule has 4 heterocycles. The Morgan fingerprint density at radius 1 is 0.972 bits per heavy atom. The molecule has 6 rings (SSSR count). The predicted octanol–water partition coefficient (Wildman–Crippen LogP) is 4.00. The molecule has 3 N–H and O–H groups in total. The third-order valence-corrected chi connectivity index (χ3v) is 8.80. The molecule has 1 aromatic carbocycles. The minimum atomic E-state index is -3.87. The Balaban J connectivity index is 1.39. The number of rotatable bonds is 6. The average Bonchev–Trinajstić information content (AvgIpc) is 3.60. The van der Waals surface area contributed by atoms with E-state index in [4.69, 9.17) is 0 Å². The number of fused-ring (bicyclic) bond motifs is 1. The average molecular weight is 504 g/mol. The first-order chi connectivity index (χ1) is 17.6. The van der Waals surface area contributed by atoms with E-state index in [0.717, 1.165) is 63.1 Å². The van der Waals surface area contributed by atoms with Crippen LogP contribution >= 0.6 is 0 Å². The van der Waals surface area contributed by atoms with E-state index in [1.165, 1.54) is 0 Å². The van der Waals surface area contributed by atoms with Crippen LogP contribution in [0.4, 0.5) is 17.5 Å². The molecule has 1 aliphatic heterocycles. The molecule has 0 amide bonds. The Morgan fingerprint density at radius 2 is 1.75 bits per heavy atom. The molecule has 1 saturated carbocycles. The fraction of sp³-hybridized carbons (Fsp3) is 0.346.